The molecular weight excluding hydrogens is 158 g/mol. The first-order chi connectivity index (χ1) is 5.66. The molecule has 0 aromatic rings. The molecule has 0 rings (SSSR count). The maximum absolute atomic E-state index is 10.5. The van der Waals surface area contributed by atoms with Gasteiger partial charge in [0.25, 0.3) is 0 Å². The van der Waals surface area contributed by atoms with Gasteiger partial charge in [-0.2, -0.15) is 0 Å². The molecule has 0 spiro atoms. The summed E-state index contributed by atoms with van der Waals surface area (Å²) in [6, 6.07) is 0. The van der Waals surface area contributed by atoms with E-state index in [0.717, 1.165) is 6.08 Å². The summed E-state index contributed by atoms with van der Waals surface area (Å²) in [6.45, 7) is 3.56. The van der Waals surface area contributed by atoms with Crippen LogP contribution in [0, 0.1) is 0 Å². The van der Waals surface area contributed by atoms with E-state index in [1.54, 1.807) is 0 Å². The van der Waals surface area contributed by atoms with Gasteiger partial charge in [-0.05, 0) is 12.8 Å². The van der Waals surface area contributed by atoms with Crippen molar-refractivity contribution in [1.82, 2.24) is 0 Å². The van der Waals surface area contributed by atoms with Crippen molar-refractivity contribution < 1.29 is 14.3 Å². The Bertz CT molecular complexity index is 177. The Hall–Kier alpha value is -1.32. The Labute approximate surface area is 71.4 Å². The first-order valence-corrected chi connectivity index (χ1v) is 3.74. The van der Waals surface area contributed by atoms with Crippen molar-refractivity contribution in [3.63, 3.8) is 0 Å². The average Bonchev–Trinajstić information content (AvgIpc) is 2.03. The third-order valence-electron chi connectivity index (χ3n) is 1.23. The number of carbonyl (C=O) groups excluding carboxylic acids is 2. The summed E-state index contributed by atoms with van der Waals surface area (Å²) in [5, 5.41) is 0. The van der Waals surface area contributed by atoms with Gasteiger partial charge in [-0.25, -0.2) is 4.79 Å². The predicted molar refractivity (Wildman–Crippen MR) is 44.2 cm³/mol. The summed E-state index contributed by atoms with van der Waals surface area (Å²) < 4.78 is 4.66. The number of ether oxygens (including phenoxy) is 1. The lowest BCUT2D eigenvalue weighted by Crippen LogP contribution is -2.10. The van der Waals surface area contributed by atoms with Crippen LogP contribution in [-0.2, 0) is 14.3 Å². The Morgan fingerprint density at radius 3 is 2.58 bits per heavy atom. The van der Waals surface area contributed by atoms with Crippen LogP contribution >= 0.6 is 0 Å². The second kappa shape index (κ2) is 6.39. The van der Waals surface area contributed by atoms with E-state index in [0.29, 0.717) is 25.9 Å². The number of hydrogen-bond donors (Lipinski definition) is 1. The third-order valence-corrected chi connectivity index (χ3v) is 1.23. The molecule has 0 aromatic carbocycles. The van der Waals surface area contributed by atoms with Crippen LogP contribution in [0.25, 0.3) is 0 Å². The first kappa shape index (κ1) is 10.7. The number of rotatable bonds is 6. The van der Waals surface area contributed by atoms with Gasteiger partial charge >= 0.3 is 5.97 Å². The minimum absolute atomic E-state index is 0.318. The lowest BCUT2D eigenvalue weighted by atomic mass is 10.2. The topological polar surface area (TPSA) is 69.4 Å². The molecule has 68 valence electrons. The molecule has 0 aromatic heterocycles. The van der Waals surface area contributed by atoms with E-state index in [1.807, 2.05) is 0 Å². The second-order valence-electron chi connectivity index (χ2n) is 2.30. The summed E-state index contributed by atoms with van der Waals surface area (Å²) in [7, 11) is 0. The molecule has 0 bridgehead atoms. The fourth-order valence-electron chi connectivity index (χ4n) is 0.633. The van der Waals surface area contributed by atoms with Crippen molar-refractivity contribution in [1.29, 1.82) is 0 Å². The quantitative estimate of drug-likeness (QED) is 0.356. The first-order valence-electron chi connectivity index (χ1n) is 3.74. The summed E-state index contributed by atoms with van der Waals surface area (Å²) in [6.07, 6.45) is 2.75. The summed E-state index contributed by atoms with van der Waals surface area (Å²) in [4.78, 5) is 20.7. The van der Waals surface area contributed by atoms with Gasteiger partial charge < -0.3 is 10.5 Å². The fraction of sp³-hybridized carbons (Fsp3) is 0.500. The van der Waals surface area contributed by atoms with Crippen LogP contribution in [0.5, 0.6) is 0 Å². The Balaban J connectivity index is 3.16. The van der Waals surface area contributed by atoms with Gasteiger partial charge in [0.15, 0.2) is 0 Å². The molecule has 4 heteroatoms. The van der Waals surface area contributed by atoms with Crippen molar-refractivity contribution in [2.45, 2.75) is 19.3 Å². The lowest BCUT2D eigenvalue weighted by Gasteiger charge is -1.99. The van der Waals surface area contributed by atoms with E-state index >= 15 is 0 Å². The van der Waals surface area contributed by atoms with Crippen LogP contribution < -0.4 is 5.73 Å². The van der Waals surface area contributed by atoms with Crippen LogP contribution in [0.3, 0.4) is 0 Å². The molecule has 0 saturated carbocycles. The van der Waals surface area contributed by atoms with E-state index in [2.05, 4.69) is 11.3 Å². The highest BCUT2D eigenvalue weighted by Gasteiger charge is 1.96. The zero-order chi connectivity index (χ0) is 9.40. The van der Waals surface area contributed by atoms with Crippen LogP contribution in [0.15, 0.2) is 12.7 Å². The van der Waals surface area contributed by atoms with Gasteiger partial charge in [0, 0.05) is 12.5 Å². The van der Waals surface area contributed by atoms with E-state index in [1.165, 1.54) is 0 Å². The van der Waals surface area contributed by atoms with Crippen LogP contribution in [0.1, 0.15) is 19.3 Å². The Morgan fingerprint density at radius 1 is 1.42 bits per heavy atom. The van der Waals surface area contributed by atoms with E-state index in [-0.39, 0.29) is 5.91 Å². The number of amides is 1. The monoisotopic (exact) mass is 171 g/mol. The zero-order valence-electron chi connectivity index (χ0n) is 6.91. The molecule has 4 nitrogen and oxygen atoms in total. The summed E-state index contributed by atoms with van der Waals surface area (Å²) >= 11 is 0. The molecule has 0 atom stereocenters. The largest absolute Gasteiger partial charge is 0.463 e. The Morgan fingerprint density at radius 2 is 2.08 bits per heavy atom. The number of primary amides is 1. The molecule has 0 aliphatic rings. The zero-order valence-corrected chi connectivity index (χ0v) is 6.91. The van der Waals surface area contributed by atoms with Crippen LogP contribution in [0.2, 0.25) is 0 Å². The van der Waals surface area contributed by atoms with E-state index < -0.39 is 5.97 Å². The van der Waals surface area contributed by atoms with Crippen molar-refractivity contribution in [3.8, 4) is 0 Å². The van der Waals surface area contributed by atoms with E-state index in [9.17, 15) is 9.59 Å². The molecule has 0 fully saturated rings. The Kier molecular flexibility index (Phi) is 5.69. The molecule has 0 radical (unpaired) electrons. The highest BCUT2D eigenvalue weighted by atomic mass is 16.5. The number of esters is 1. The van der Waals surface area contributed by atoms with Gasteiger partial charge in [-0.15, -0.1) is 0 Å². The van der Waals surface area contributed by atoms with Crippen molar-refractivity contribution in [2.24, 2.45) is 5.73 Å². The van der Waals surface area contributed by atoms with Crippen molar-refractivity contribution in [2.75, 3.05) is 6.61 Å². The third kappa shape index (κ3) is 6.80. The second-order valence-corrected chi connectivity index (χ2v) is 2.30. The van der Waals surface area contributed by atoms with Crippen LogP contribution in [-0.4, -0.2) is 18.5 Å². The molecular formula is C8H13NO3. The van der Waals surface area contributed by atoms with Gasteiger partial charge in [-0.1, -0.05) is 6.58 Å². The number of unbranched alkanes of at least 4 members (excludes halogenated alkanes) is 1. The molecule has 0 heterocycles. The van der Waals surface area contributed by atoms with Gasteiger partial charge in [0.05, 0.1) is 6.61 Å². The normalized spacial score (nSPS) is 9.00. The van der Waals surface area contributed by atoms with Gasteiger partial charge in [0.1, 0.15) is 0 Å². The predicted octanol–water partition coefficient (Wildman–Crippen LogP) is 0.371. The summed E-state index contributed by atoms with van der Waals surface area (Å²) in [5.41, 5.74) is 4.90. The van der Waals surface area contributed by atoms with Crippen LogP contribution in [0.4, 0.5) is 0 Å². The summed E-state index contributed by atoms with van der Waals surface area (Å²) in [5.74, 6) is -0.765. The minimum Gasteiger partial charge on any atom is -0.463 e. The maximum Gasteiger partial charge on any atom is 0.330 e. The molecule has 1 amide bonds. The molecule has 0 aliphatic carbocycles. The molecule has 12 heavy (non-hydrogen) atoms. The SMILES string of the molecule is C=CC(=O)OCCCCC(N)=O. The maximum atomic E-state index is 10.5. The number of nitrogens with two attached hydrogens (primary N) is 1. The standard InChI is InChI=1S/C8H13NO3/c1-2-8(11)12-6-4-3-5-7(9)10/h2H,1,3-6H2,(H2,9,10). The molecule has 0 unspecified atom stereocenters. The molecule has 2 N–H and O–H groups in total. The van der Waals surface area contributed by atoms with Crippen molar-refractivity contribution >= 4 is 11.9 Å². The highest BCUT2D eigenvalue weighted by molar-refractivity contribution is 5.81. The van der Waals surface area contributed by atoms with Gasteiger partial charge in [0.2, 0.25) is 5.91 Å². The molecule has 0 saturated heterocycles. The highest BCUT2D eigenvalue weighted by Crippen LogP contribution is 1.95. The number of carbonyl (C=O) groups is 2. The van der Waals surface area contributed by atoms with Crippen molar-refractivity contribution in [3.05, 3.63) is 12.7 Å². The smallest absolute Gasteiger partial charge is 0.330 e. The molecule has 0 aliphatic heterocycles. The minimum atomic E-state index is -0.436. The number of hydrogen-bond acceptors (Lipinski definition) is 3. The van der Waals surface area contributed by atoms with E-state index in [4.69, 9.17) is 5.73 Å². The lowest BCUT2D eigenvalue weighted by molar-refractivity contribution is -0.137. The van der Waals surface area contributed by atoms with Gasteiger partial charge in [-0.3, -0.25) is 4.79 Å². The average molecular weight is 171 g/mol. The fourth-order valence-corrected chi connectivity index (χ4v) is 0.633.